The van der Waals surface area contributed by atoms with Gasteiger partial charge in [0.05, 0.1) is 0 Å². The highest BCUT2D eigenvalue weighted by Gasteiger charge is 1.95. The Morgan fingerprint density at radius 3 is 2.07 bits per heavy atom. The van der Waals surface area contributed by atoms with Crippen molar-refractivity contribution in [1.29, 1.82) is 0 Å². The van der Waals surface area contributed by atoms with Gasteiger partial charge in [0.1, 0.15) is 5.75 Å². The van der Waals surface area contributed by atoms with Gasteiger partial charge in [-0.3, -0.25) is 0 Å². The number of hydrogen-bond donors (Lipinski definition) is 1. The van der Waals surface area contributed by atoms with E-state index in [-0.39, 0.29) is 5.75 Å². The van der Waals surface area contributed by atoms with Crippen molar-refractivity contribution < 1.29 is 5.11 Å². The van der Waals surface area contributed by atoms with Crippen molar-refractivity contribution in [3.8, 4) is 5.75 Å². The Morgan fingerprint density at radius 1 is 1.13 bits per heavy atom. The molecule has 0 heterocycles. The van der Waals surface area contributed by atoms with E-state index in [1.165, 1.54) is 0 Å². The molecular formula is C14H18O. The van der Waals surface area contributed by atoms with E-state index < -0.39 is 0 Å². The summed E-state index contributed by atoms with van der Waals surface area (Å²) in [5.41, 5.74) is 2.02. The van der Waals surface area contributed by atoms with E-state index in [9.17, 15) is 0 Å². The van der Waals surface area contributed by atoms with E-state index >= 15 is 0 Å². The number of phenols is 1. The number of allylic oxidation sites excluding steroid dienone is 4. The number of benzene rings is 1. The fourth-order valence-electron chi connectivity index (χ4n) is 1.06. The lowest BCUT2D eigenvalue weighted by Gasteiger charge is -2.00. The normalized spacial score (nSPS) is 9.87. The third-order valence-electron chi connectivity index (χ3n) is 1.72. The van der Waals surface area contributed by atoms with Crippen molar-refractivity contribution in [3.05, 3.63) is 61.2 Å². The molecule has 0 fully saturated rings. The van der Waals surface area contributed by atoms with Gasteiger partial charge in [0.15, 0.2) is 0 Å². The molecule has 0 aliphatic carbocycles. The first-order valence-corrected chi connectivity index (χ1v) is 5.02. The van der Waals surface area contributed by atoms with Gasteiger partial charge in [-0.1, -0.05) is 57.4 Å². The molecule has 0 radical (unpaired) electrons. The lowest BCUT2D eigenvalue weighted by atomic mass is 10.1. The number of rotatable bonds is 3. The standard InChI is InChI=1S/C12H12O.C2H6/c1-3-5-10(4-2)11-6-8-12(13)9-7-11;1-2/h3-9,13H,1-2H2;1-2H3/b10-5+;. The molecule has 1 aromatic carbocycles. The quantitative estimate of drug-likeness (QED) is 0.729. The minimum absolute atomic E-state index is 0.269. The van der Waals surface area contributed by atoms with Gasteiger partial charge >= 0.3 is 0 Å². The maximum absolute atomic E-state index is 9.08. The van der Waals surface area contributed by atoms with Gasteiger partial charge in [-0.15, -0.1) is 0 Å². The number of aromatic hydroxyl groups is 1. The molecule has 1 nitrogen and oxygen atoms in total. The minimum Gasteiger partial charge on any atom is -0.508 e. The van der Waals surface area contributed by atoms with Gasteiger partial charge in [-0.05, 0) is 23.3 Å². The predicted octanol–water partition coefficient (Wildman–Crippen LogP) is 4.17. The fourth-order valence-corrected chi connectivity index (χ4v) is 1.06. The van der Waals surface area contributed by atoms with Gasteiger partial charge in [0.2, 0.25) is 0 Å². The maximum Gasteiger partial charge on any atom is 0.115 e. The van der Waals surface area contributed by atoms with Gasteiger partial charge in [0, 0.05) is 0 Å². The van der Waals surface area contributed by atoms with Crippen LogP contribution in [0.1, 0.15) is 19.4 Å². The van der Waals surface area contributed by atoms with Crippen molar-refractivity contribution in [1.82, 2.24) is 0 Å². The van der Waals surface area contributed by atoms with Crippen LogP contribution in [0.15, 0.2) is 55.7 Å². The Labute approximate surface area is 92.1 Å². The summed E-state index contributed by atoms with van der Waals surface area (Å²) in [5, 5.41) is 9.08. The Hall–Kier alpha value is -1.76. The summed E-state index contributed by atoms with van der Waals surface area (Å²) in [7, 11) is 0. The predicted molar refractivity (Wildman–Crippen MR) is 67.8 cm³/mol. The minimum atomic E-state index is 0.269. The zero-order valence-electron chi connectivity index (χ0n) is 9.40. The zero-order valence-corrected chi connectivity index (χ0v) is 9.40. The van der Waals surface area contributed by atoms with Gasteiger partial charge in [-0.2, -0.15) is 0 Å². The molecule has 1 rings (SSSR count). The smallest absolute Gasteiger partial charge is 0.115 e. The average Bonchev–Trinajstić information content (AvgIpc) is 2.30. The van der Waals surface area contributed by atoms with Gasteiger partial charge in [-0.25, -0.2) is 0 Å². The van der Waals surface area contributed by atoms with Crippen molar-refractivity contribution in [2.45, 2.75) is 13.8 Å². The van der Waals surface area contributed by atoms with Crippen molar-refractivity contribution in [3.63, 3.8) is 0 Å². The van der Waals surface area contributed by atoms with Crippen molar-refractivity contribution in [2.24, 2.45) is 0 Å². The van der Waals surface area contributed by atoms with E-state index in [4.69, 9.17) is 5.11 Å². The molecule has 0 aliphatic heterocycles. The van der Waals surface area contributed by atoms with Crippen LogP contribution in [0.3, 0.4) is 0 Å². The van der Waals surface area contributed by atoms with Crippen molar-refractivity contribution in [2.75, 3.05) is 0 Å². The first-order chi connectivity index (χ1) is 7.27. The molecule has 0 aliphatic rings. The second kappa shape index (κ2) is 7.63. The van der Waals surface area contributed by atoms with Gasteiger partial charge in [0.25, 0.3) is 0 Å². The lowest BCUT2D eigenvalue weighted by molar-refractivity contribution is 0.475. The van der Waals surface area contributed by atoms with E-state index in [0.717, 1.165) is 11.1 Å². The Kier molecular flexibility index (Phi) is 6.73. The highest BCUT2D eigenvalue weighted by atomic mass is 16.3. The van der Waals surface area contributed by atoms with Crippen LogP contribution in [-0.4, -0.2) is 5.11 Å². The number of hydrogen-bond acceptors (Lipinski definition) is 1. The molecule has 1 aromatic rings. The molecule has 1 heteroatoms. The summed E-state index contributed by atoms with van der Waals surface area (Å²) < 4.78 is 0. The van der Waals surface area contributed by atoms with Gasteiger partial charge < -0.3 is 5.11 Å². The van der Waals surface area contributed by atoms with Crippen LogP contribution >= 0.6 is 0 Å². The van der Waals surface area contributed by atoms with Crippen LogP contribution in [0, 0.1) is 0 Å². The van der Waals surface area contributed by atoms with Crippen LogP contribution in [0.4, 0.5) is 0 Å². The second-order valence-corrected chi connectivity index (χ2v) is 2.61. The monoisotopic (exact) mass is 202 g/mol. The Balaban J connectivity index is 0.000000921. The zero-order chi connectivity index (χ0) is 11.7. The second-order valence-electron chi connectivity index (χ2n) is 2.61. The molecule has 0 unspecified atom stereocenters. The first-order valence-electron chi connectivity index (χ1n) is 5.02. The molecule has 0 atom stereocenters. The highest BCUT2D eigenvalue weighted by Crippen LogP contribution is 2.18. The van der Waals surface area contributed by atoms with Crippen LogP contribution < -0.4 is 0 Å². The molecular weight excluding hydrogens is 184 g/mol. The lowest BCUT2D eigenvalue weighted by Crippen LogP contribution is -1.78. The summed E-state index contributed by atoms with van der Waals surface area (Å²) >= 11 is 0. The molecule has 0 bridgehead atoms. The molecule has 1 N–H and O–H groups in total. The molecule has 80 valence electrons. The molecule has 0 spiro atoms. The van der Waals surface area contributed by atoms with Crippen LogP contribution in [0.2, 0.25) is 0 Å². The van der Waals surface area contributed by atoms with E-state index in [1.54, 1.807) is 24.3 Å². The Bertz CT molecular complexity index is 331. The SMILES string of the molecule is C=C/C=C(\C=C)c1ccc(O)cc1.CC. The Morgan fingerprint density at radius 2 is 1.67 bits per heavy atom. The maximum atomic E-state index is 9.08. The largest absolute Gasteiger partial charge is 0.508 e. The highest BCUT2D eigenvalue weighted by molar-refractivity contribution is 5.74. The fraction of sp³-hybridized carbons (Fsp3) is 0.143. The summed E-state index contributed by atoms with van der Waals surface area (Å²) in [6.07, 6.45) is 5.34. The molecule has 15 heavy (non-hydrogen) atoms. The van der Waals surface area contributed by atoms with E-state index in [0.29, 0.717) is 0 Å². The van der Waals surface area contributed by atoms with E-state index in [1.807, 2.05) is 32.1 Å². The summed E-state index contributed by atoms with van der Waals surface area (Å²) in [6.45, 7) is 11.3. The van der Waals surface area contributed by atoms with E-state index in [2.05, 4.69) is 13.2 Å². The molecule has 0 amide bonds. The summed E-state index contributed by atoms with van der Waals surface area (Å²) in [6, 6.07) is 6.98. The average molecular weight is 202 g/mol. The third kappa shape index (κ3) is 4.32. The topological polar surface area (TPSA) is 20.2 Å². The molecule has 0 saturated carbocycles. The molecule has 0 saturated heterocycles. The van der Waals surface area contributed by atoms with Crippen LogP contribution in [0.25, 0.3) is 5.57 Å². The first kappa shape index (κ1) is 13.2. The summed E-state index contributed by atoms with van der Waals surface area (Å²) in [4.78, 5) is 0. The summed E-state index contributed by atoms with van der Waals surface area (Å²) in [5.74, 6) is 0.269. The van der Waals surface area contributed by atoms with Crippen molar-refractivity contribution >= 4 is 5.57 Å². The van der Waals surface area contributed by atoms with Crippen LogP contribution in [-0.2, 0) is 0 Å². The van der Waals surface area contributed by atoms with Crippen LogP contribution in [0.5, 0.6) is 5.75 Å². The third-order valence-corrected chi connectivity index (χ3v) is 1.72. The molecule has 0 aromatic heterocycles. The number of phenolic OH excluding ortho intramolecular Hbond substituents is 1.